The van der Waals surface area contributed by atoms with E-state index in [1.54, 1.807) is 0 Å². The minimum atomic E-state index is 0.390. The van der Waals surface area contributed by atoms with Crippen molar-refractivity contribution >= 4 is 0 Å². The lowest BCUT2D eigenvalue weighted by Gasteiger charge is -2.29. The van der Waals surface area contributed by atoms with Gasteiger partial charge in [-0.25, -0.2) is 0 Å². The molecule has 2 saturated heterocycles. The second kappa shape index (κ2) is 3.11. The molecule has 0 saturated carbocycles. The molecule has 2 nitrogen and oxygen atoms in total. The number of aliphatic hydroxyl groups excluding tert-OH is 1. The minimum absolute atomic E-state index is 0.390. The molecule has 3 atom stereocenters. The van der Waals surface area contributed by atoms with Crippen LogP contribution in [0, 0.1) is 11.8 Å². The molecule has 0 spiro atoms. The summed E-state index contributed by atoms with van der Waals surface area (Å²) in [7, 11) is 0. The topological polar surface area (TPSA) is 23.5 Å². The van der Waals surface area contributed by atoms with E-state index < -0.39 is 0 Å². The van der Waals surface area contributed by atoms with Gasteiger partial charge in [-0.15, -0.1) is 0 Å². The number of hydrogen-bond acceptors (Lipinski definition) is 2. The summed E-state index contributed by atoms with van der Waals surface area (Å²) in [5.74, 6) is 1.75. The fourth-order valence-corrected chi connectivity index (χ4v) is 2.58. The van der Waals surface area contributed by atoms with Crippen LogP contribution in [0.15, 0.2) is 0 Å². The van der Waals surface area contributed by atoms with Gasteiger partial charge in [0.2, 0.25) is 0 Å². The Morgan fingerprint density at radius 3 is 2.91 bits per heavy atom. The quantitative estimate of drug-likeness (QED) is 0.635. The molecule has 2 aliphatic rings. The predicted molar refractivity (Wildman–Crippen MR) is 44.4 cm³/mol. The Morgan fingerprint density at radius 2 is 2.09 bits per heavy atom. The third kappa shape index (κ3) is 1.42. The zero-order chi connectivity index (χ0) is 7.68. The molecule has 0 aromatic heterocycles. The van der Waals surface area contributed by atoms with E-state index in [1.807, 2.05) is 0 Å². The van der Waals surface area contributed by atoms with E-state index >= 15 is 0 Å². The highest BCUT2D eigenvalue weighted by atomic mass is 16.3. The lowest BCUT2D eigenvalue weighted by Crippen LogP contribution is -2.32. The Hall–Kier alpha value is -0.0800. The van der Waals surface area contributed by atoms with Crippen molar-refractivity contribution < 1.29 is 5.11 Å². The van der Waals surface area contributed by atoms with E-state index in [9.17, 15) is 0 Å². The Morgan fingerprint density at radius 1 is 1.27 bits per heavy atom. The lowest BCUT2D eigenvalue weighted by molar-refractivity contribution is 0.162. The number of fused-ring (bicyclic) bond motifs is 2. The summed E-state index contributed by atoms with van der Waals surface area (Å²) in [6.45, 7) is 4.29. The van der Waals surface area contributed by atoms with Gasteiger partial charge in [-0.05, 0) is 44.2 Å². The van der Waals surface area contributed by atoms with E-state index in [4.69, 9.17) is 5.11 Å². The first-order chi connectivity index (χ1) is 5.40. The van der Waals surface area contributed by atoms with Crippen molar-refractivity contribution in [3.8, 4) is 0 Å². The molecule has 2 rings (SSSR count). The largest absolute Gasteiger partial charge is 0.396 e. The normalized spacial score (nSPS) is 42.8. The molecule has 1 N–H and O–H groups in total. The Kier molecular flexibility index (Phi) is 2.14. The van der Waals surface area contributed by atoms with Crippen LogP contribution in [0.3, 0.4) is 0 Å². The van der Waals surface area contributed by atoms with Crippen LogP contribution in [0.25, 0.3) is 0 Å². The van der Waals surface area contributed by atoms with E-state index in [-0.39, 0.29) is 0 Å². The van der Waals surface area contributed by atoms with Crippen LogP contribution >= 0.6 is 0 Å². The monoisotopic (exact) mass is 155 g/mol. The van der Waals surface area contributed by atoms with Crippen LogP contribution in [0.5, 0.6) is 0 Å². The standard InChI is InChI=1S/C9H17NO/c11-6-3-8-1-4-10-5-2-9(8)7-10/h8-9,11H,1-7H2. The molecule has 0 aliphatic carbocycles. The van der Waals surface area contributed by atoms with Crippen LogP contribution in [0.2, 0.25) is 0 Å². The van der Waals surface area contributed by atoms with Gasteiger partial charge in [0.05, 0.1) is 0 Å². The van der Waals surface area contributed by atoms with Crippen molar-refractivity contribution in [2.24, 2.45) is 11.8 Å². The van der Waals surface area contributed by atoms with Crippen LogP contribution in [-0.2, 0) is 0 Å². The number of rotatable bonds is 2. The first kappa shape index (κ1) is 7.56. The van der Waals surface area contributed by atoms with Gasteiger partial charge in [0.15, 0.2) is 0 Å². The van der Waals surface area contributed by atoms with Gasteiger partial charge in [-0.2, -0.15) is 0 Å². The van der Waals surface area contributed by atoms with Crippen molar-refractivity contribution in [2.45, 2.75) is 19.3 Å². The molecule has 2 aliphatic heterocycles. The average molecular weight is 155 g/mol. The number of hydrogen-bond donors (Lipinski definition) is 1. The molecule has 0 radical (unpaired) electrons. The first-order valence-corrected chi connectivity index (χ1v) is 4.73. The van der Waals surface area contributed by atoms with Gasteiger partial charge in [0.1, 0.15) is 0 Å². The highest BCUT2D eigenvalue weighted by Crippen LogP contribution is 2.33. The zero-order valence-corrected chi connectivity index (χ0v) is 7.00. The van der Waals surface area contributed by atoms with E-state index in [0.717, 1.165) is 18.3 Å². The molecule has 64 valence electrons. The number of nitrogens with zero attached hydrogens (tertiary/aromatic N) is 1. The lowest BCUT2D eigenvalue weighted by atomic mass is 9.85. The molecular weight excluding hydrogens is 138 g/mol. The van der Waals surface area contributed by atoms with Crippen LogP contribution in [0.4, 0.5) is 0 Å². The number of aliphatic hydroxyl groups is 1. The Bertz CT molecular complexity index is 138. The summed E-state index contributed by atoms with van der Waals surface area (Å²) in [6.07, 6.45) is 3.74. The SMILES string of the molecule is OCCC1CCN2CCC1C2. The van der Waals surface area contributed by atoms with E-state index in [2.05, 4.69) is 4.90 Å². The van der Waals surface area contributed by atoms with Crippen molar-refractivity contribution in [2.75, 3.05) is 26.2 Å². The third-order valence-electron chi connectivity index (χ3n) is 3.29. The predicted octanol–water partition coefficient (Wildman–Crippen LogP) is 0.711. The Labute approximate surface area is 68.2 Å². The Balaban J connectivity index is 1.91. The maximum atomic E-state index is 8.83. The van der Waals surface area contributed by atoms with Gasteiger partial charge in [-0.3, -0.25) is 0 Å². The smallest absolute Gasteiger partial charge is 0.0433 e. The van der Waals surface area contributed by atoms with Crippen molar-refractivity contribution in [3.63, 3.8) is 0 Å². The van der Waals surface area contributed by atoms with E-state index in [0.29, 0.717) is 6.61 Å². The van der Waals surface area contributed by atoms with E-state index in [1.165, 1.54) is 32.5 Å². The molecular formula is C9H17NO. The molecule has 3 unspecified atom stereocenters. The van der Waals surface area contributed by atoms with Crippen LogP contribution in [0.1, 0.15) is 19.3 Å². The summed E-state index contributed by atoms with van der Waals surface area (Å²) in [5, 5.41) is 8.83. The van der Waals surface area contributed by atoms with Gasteiger partial charge in [0, 0.05) is 13.2 Å². The summed E-state index contributed by atoms with van der Waals surface area (Å²) < 4.78 is 0. The zero-order valence-electron chi connectivity index (χ0n) is 7.00. The maximum Gasteiger partial charge on any atom is 0.0433 e. The summed E-state index contributed by atoms with van der Waals surface area (Å²) in [6, 6.07) is 0. The fourth-order valence-electron chi connectivity index (χ4n) is 2.58. The maximum absolute atomic E-state index is 8.83. The highest BCUT2D eigenvalue weighted by Gasteiger charge is 2.33. The summed E-state index contributed by atoms with van der Waals surface area (Å²) in [5.41, 5.74) is 0. The van der Waals surface area contributed by atoms with Gasteiger partial charge < -0.3 is 10.0 Å². The molecule has 0 aromatic carbocycles. The fraction of sp³-hybridized carbons (Fsp3) is 1.00. The second-order valence-corrected chi connectivity index (χ2v) is 3.91. The van der Waals surface area contributed by atoms with Crippen molar-refractivity contribution in [1.29, 1.82) is 0 Å². The summed E-state index contributed by atoms with van der Waals surface area (Å²) in [4.78, 5) is 2.55. The highest BCUT2D eigenvalue weighted by molar-refractivity contribution is 4.86. The molecule has 2 bridgehead atoms. The first-order valence-electron chi connectivity index (χ1n) is 4.73. The summed E-state index contributed by atoms with van der Waals surface area (Å²) >= 11 is 0. The van der Waals surface area contributed by atoms with Crippen molar-refractivity contribution in [1.82, 2.24) is 4.90 Å². The molecule has 11 heavy (non-hydrogen) atoms. The van der Waals surface area contributed by atoms with Crippen molar-refractivity contribution in [3.05, 3.63) is 0 Å². The molecule has 0 aromatic rings. The molecule has 2 heteroatoms. The molecule has 0 amide bonds. The van der Waals surface area contributed by atoms with Gasteiger partial charge in [-0.1, -0.05) is 0 Å². The van der Waals surface area contributed by atoms with Gasteiger partial charge in [0.25, 0.3) is 0 Å². The van der Waals surface area contributed by atoms with Gasteiger partial charge >= 0.3 is 0 Å². The number of piperidine rings is 1. The second-order valence-electron chi connectivity index (χ2n) is 3.91. The molecule has 2 fully saturated rings. The van der Waals surface area contributed by atoms with Crippen LogP contribution < -0.4 is 0 Å². The molecule has 2 heterocycles. The third-order valence-corrected chi connectivity index (χ3v) is 3.29. The average Bonchev–Trinajstić information content (AvgIpc) is 2.40. The minimum Gasteiger partial charge on any atom is -0.396 e. The van der Waals surface area contributed by atoms with Crippen LogP contribution in [-0.4, -0.2) is 36.2 Å².